The zero-order valence-corrected chi connectivity index (χ0v) is 12.7. The van der Waals surface area contributed by atoms with Gasteiger partial charge in [0.05, 0.1) is 4.90 Å². The Labute approximate surface area is 132 Å². The largest absolute Gasteiger partial charge is 0.455 e. The van der Waals surface area contributed by atoms with Crippen LogP contribution in [0.25, 0.3) is 11.4 Å². The lowest BCUT2D eigenvalue weighted by Gasteiger charge is -2.20. The lowest BCUT2D eigenvalue weighted by Crippen LogP contribution is -2.41. The molecule has 0 saturated carbocycles. The highest BCUT2D eigenvalue weighted by Crippen LogP contribution is 2.37. The first-order valence-electron chi connectivity index (χ1n) is 6.51. The molecule has 2 heterocycles. The van der Waals surface area contributed by atoms with Gasteiger partial charge >= 0.3 is 12.1 Å². The molecule has 0 aliphatic carbocycles. The fraction of sp³-hybridized carbons (Fsp3) is 0.385. The van der Waals surface area contributed by atoms with Crippen LogP contribution in [-0.2, 0) is 6.54 Å². The van der Waals surface area contributed by atoms with E-state index < -0.39 is 18.6 Å². The van der Waals surface area contributed by atoms with Crippen molar-refractivity contribution in [2.75, 3.05) is 5.75 Å². The summed E-state index contributed by atoms with van der Waals surface area (Å²) in [6, 6.07) is 4.44. The topological polar surface area (TPSA) is 41.9 Å². The molecule has 0 unspecified atom stereocenters. The van der Waals surface area contributed by atoms with Crippen molar-refractivity contribution in [3.63, 3.8) is 0 Å². The van der Waals surface area contributed by atoms with Crippen molar-refractivity contribution in [2.45, 2.75) is 30.5 Å². The fourth-order valence-electron chi connectivity index (χ4n) is 1.93. The van der Waals surface area contributed by atoms with E-state index in [1.54, 1.807) is 6.07 Å². The van der Waals surface area contributed by atoms with Crippen LogP contribution in [0.5, 0.6) is 0 Å². The predicted octanol–water partition coefficient (Wildman–Crippen LogP) is 3.38. The van der Waals surface area contributed by atoms with Crippen molar-refractivity contribution in [3.05, 3.63) is 30.6 Å². The molecule has 1 N–H and O–H groups in total. The van der Waals surface area contributed by atoms with Crippen LogP contribution in [0.3, 0.4) is 0 Å². The van der Waals surface area contributed by atoms with E-state index in [2.05, 4.69) is 5.10 Å². The van der Waals surface area contributed by atoms with Crippen molar-refractivity contribution in [3.8, 4) is 11.4 Å². The highest BCUT2D eigenvalue weighted by molar-refractivity contribution is 7.99. The van der Waals surface area contributed by atoms with Crippen molar-refractivity contribution >= 4 is 11.8 Å². The molecule has 126 valence electrons. The Morgan fingerprint density at radius 2 is 1.96 bits per heavy atom. The van der Waals surface area contributed by atoms with Crippen molar-refractivity contribution < 1.29 is 31.9 Å². The Balaban J connectivity index is 2.47. The van der Waals surface area contributed by atoms with Gasteiger partial charge in [-0.1, -0.05) is 6.92 Å². The van der Waals surface area contributed by atoms with E-state index in [1.807, 2.05) is 6.92 Å². The summed E-state index contributed by atoms with van der Waals surface area (Å²) in [5, 5.41) is 13.5. The maximum atomic E-state index is 13.3. The maximum Gasteiger partial charge on any atom is 0.455 e. The fourth-order valence-corrected chi connectivity index (χ4v) is 2.75. The lowest BCUT2D eigenvalue weighted by molar-refractivity contribution is -0.897. The number of nitrogens with zero attached hydrogens (tertiary/aromatic N) is 3. The van der Waals surface area contributed by atoms with Crippen LogP contribution in [0.15, 0.2) is 35.5 Å². The summed E-state index contributed by atoms with van der Waals surface area (Å²) in [5.74, 6) is -4.30. The third-order valence-electron chi connectivity index (χ3n) is 2.96. The average molecular weight is 354 g/mol. The van der Waals surface area contributed by atoms with E-state index >= 15 is 0 Å². The molecule has 23 heavy (non-hydrogen) atoms. The molecule has 0 bridgehead atoms. The van der Waals surface area contributed by atoms with Gasteiger partial charge in [0.2, 0.25) is 6.20 Å². The van der Waals surface area contributed by atoms with Gasteiger partial charge in [0.15, 0.2) is 0 Å². The van der Waals surface area contributed by atoms with E-state index in [9.17, 15) is 27.2 Å². The van der Waals surface area contributed by atoms with E-state index in [4.69, 9.17) is 0 Å². The number of hydrogen-bond donors (Lipinski definition) is 1. The third-order valence-corrected chi connectivity index (χ3v) is 3.89. The number of pyridine rings is 1. The van der Waals surface area contributed by atoms with Crippen molar-refractivity contribution in [1.82, 2.24) is 9.78 Å². The maximum absolute atomic E-state index is 13.3. The molecule has 2 aromatic rings. The minimum atomic E-state index is -5.68. The average Bonchev–Trinajstić information content (AvgIpc) is 2.85. The van der Waals surface area contributed by atoms with Gasteiger partial charge in [0.25, 0.3) is 5.69 Å². The van der Waals surface area contributed by atoms with Gasteiger partial charge in [-0.2, -0.15) is 27.1 Å². The minimum Gasteiger partial charge on any atom is -0.284 e. The van der Waals surface area contributed by atoms with E-state index in [1.165, 1.54) is 30.1 Å². The van der Waals surface area contributed by atoms with Crippen LogP contribution in [0, 0.1) is 0 Å². The van der Waals surface area contributed by atoms with Crippen molar-refractivity contribution in [2.24, 2.45) is 0 Å². The van der Waals surface area contributed by atoms with Gasteiger partial charge in [0, 0.05) is 17.0 Å². The van der Waals surface area contributed by atoms with Crippen LogP contribution in [-0.4, -0.2) is 32.8 Å². The summed E-state index contributed by atoms with van der Waals surface area (Å²) in [7, 11) is 0. The molecule has 10 heteroatoms. The standard InChI is InChI=1S/C13H13F5N3OS/c1-2-23-10-4-3-7-21(22)11(10)9-5-6-19-20(9)8-12(14,15)13(16,17)18/h3-7,22H,2,8H2,1H3/q+1. The molecule has 2 aromatic heterocycles. The summed E-state index contributed by atoms with van der Waals surface area (Å²) < 4.78 is 64.9. The number of thioether (sulfide) groups is 1. The third kappa shape index (κ3) is 3.57. The van der Waals surface area contributed by atoms with Gasteiger partial charge in [-0.15, -0.1) is 11.8 Å². The second-order valence-corrected chi connectivity index (χ2v) is 5.88. The second kappa shape index (κ2) is 6.34. The molecule has 0 fully saturated rings. The zero-order chi connectivity index (χ0) is 17.3. The molecular formula is C13H13F5N3OS+. The molecule has 0 aromatic carbocycles. The highest BCUT2D eigenvalue weighted by Gasteiger charge is 2.58. The predicted molar refractivity (Wildman–Crippen MR) is 72.4 cm³/mol. The first kappa shape index (κ1) is 17.5. The number of aromatic nitrogens is 3. The van der Waals surface area contributed by atoms with Crippen LogP contribution >= 0.6 is 11.8 Å². The Morgan fingerprint density at radius 1 is 1.26 bits per heavy atom. The van der Waals surface area contributed by atoms with E-state index in [0.29, 0.717) is 20.1 Å². The van der Waals surface area contributed by atoms with Gasteiger partial charge in [-0.3, -0.25) is 9.89 Å². The van der Waals surface area contributed by atoms with Crippen LogP contribution in [0.1, 0.15) is 6.92 Å². The van der Waals surface area contributed by atoms with Crippen LogP contribution < -0.4 is 4.73 Å². The Hall–Kier alpha value is -1.84. The summed E-state index contributed by atoms with van der Waals surface area (Å²) in [4.78, 5) is 0.537. The molecule has 0 radical (unpaired) electrons. The normalized spacial score (nSPS) is 12.6. The van der Waals surface area contributed by atoms with Gasteiger partial charge in [0.1, 0.15) is 12.2 Å². The molecule has 0 aliphatic heterocycles. The summed E-state index contributed by atoms with van der Waals surface area (Å²) >= 11 is 1.31. The van der Waals surface area contributed by atoms with Crippen LogP contribution in [0.4, 0.5) is 22.0 Å². The second-order valence-electron chi connectivity index (χ2n) is 4.57. The van der Waals surface area contributed by atoms with Gasteiger partial charge < -0.3 is 0 Å². The Bertz CT molecular complexity index is 686. The van der Waals surface area contributed by atoms with E-state index in [-0.39, 0.29) is 11.4 Å². The number of rotatable bonds is 5. The molecule has 0 aliphatic rings. The first-order chi connectivity index (χ1) is 10.7. The summed E-state index contributed by atoms with van der Waals surface area (Å²) in [5.41, 5.74) is 0.0720. The SMILES string of the molecule is CCSc1ccc[n+](O)c1-c1ccnn1CC(F)(F)C(F)(F)F. The Kier molecular flexibility index (Phi) is 4.83. The molecule has 0 amide bonds. The number of alkyl halides is 5. The minimum absolute atomic E-state index is 0.0343. The monoisotopic (exact) mass is 354 g/mol. The molecule has 2 rings (SSSR count). The summed E-state index contributed by atoms with van der Waals surface area (Å²) in [6.45, 7) is 0.183. The molecule has 0 spiro atoms. The molecule has 4 nitrogen and oxygen atoms in total. The number of halogens is 5. The Morgan fingerprint density at radius 3 is 2.57 bits per heavy atom. The smallest absolute Gasteiger partial charge is 0.284 e. The molecule has 0 saturated heterocycles. The molecular weight excluding hydrogens is 341 g/mol. The zero-order valence-electron chi connectivity index (χ0n) is 11.9. The molecule has 0 atom stereocenters. The van der Waals surface area contributed by atoms with Crippen molar-refractivity contribution in [1.29, 1.82) is 0 Å². The van der Waals surface area contributed by atoms with Crippen LogP contribution in [0.2, 0.25) is 0 Å². The van der Waals surface area contributed by atoms with Gasteiger partial charge in [-0.05, 0) is 17.9 Å². The quantitative estimate of drug-likeness (QED) is 0.387. The summed E-state index contributed by atoms with van der Waals surface area (Å²) in [6.07, 6.45) is -3.31. The first-order valence-corrected chi connectivity index (χ1v) is 7.49. The highest BCUT2D eigenvalue weighted by atomic mass is 32.2. The van der Waals surface area contributed by atoms with E-state index in [0.717, 1.165) is 6.20 Å². The van der Waals surface area contributed by atoms with Gasteiger partial charge in [-0.25, -0.2) is 0 Å². The lowest BCUT2D eigenvalue weighted by atomic mass is 10.2. The number of hydrogen-bond acceptors (Lipinski definition) is 3.